The molecule has 1 atom stereocenters. The molecule has 0 saturated heterocycles. The van der Waals surface area contributed by atoms with E-state index in [0.29, 0.717) is 6.61 Å². The number of methoxy groups -OCH3 is 1. The molecule has 3 nitrogen and oxygen atoms in total. The fraction of sp³-hybridized carbons (Fsp3) is 0.250. The van der Waals surface area contributed by atoms with Crippen molar-refractivity contribution in [1.82, 2.24) is 0 Å². The highest BCUT2D eigenvalue weighted by Gasteiger charge is 2.08. The van der Waals surface area contributed by atoms with Crippen LogP contribution in [0.2, 0.25) is 0 Å². The van der Waals surface area contributed by atoms with Crippen LogP contribution in [0.3, 0.4) is 0 Å². The van der Waals surface area contributed by atoms with Crippen LogP contribution in [0.5, 0.6) is 11.5 Å². The van der Waals surface area contributed by atoms with E-state index in [4.69, 9.17) is 15.2 Å². The predicted octanol–water partition coefficient (Wildman–Crippen LogP) is 3.29. The maximum Gasteiger partial charge on any atom is 0.161 e. The molecule has 0 heterocycles. The number of hydrogen-bond acceptors (Lipinski definition) is 3. The van der Waals surface area contributed by atoms with Gasteiger partial charge in [0.1, 0.15) is 6.61 Å². The lowest BCUT2D eigenvalue weighted by atomic mass is 10.1. The van der Waals surface area contributed by atoms with Gasteiger partial charge in [0.15, 0.2) is 11.5 Å². The Balaban J connectivity index is 2.16. The van der Waals surface area contributed by atoms with Crippen molar-refractivity contribution in [3.8, 4) is 11.5 Å². The van der Waals surface area contributed by atoms with Crippen LogP contribution in [0.4, 0.5) is 0 Å². The van der Waals surface area contributed by atoms with Crippen molar-refractivity contribution in [1.29, 1.82) is 0 Å². The number of hydrogen-bond donors (Lipinski definition) is 1. The number of benzene rings is 2. The molecule has 0 amide bonds. The molecule has 3 heteroatoms. The standard InChI is InChI=1S/C16H19NO2/c1-12(17)14-8-9-15(18-2)16(10-14)19-11-13-6-4-3-5-7-13/h3-10,12H,11,17H2,1-2H3. The highest BCUT2D eigenvalue weighted by atomic mass is 16.5. The van der Waals surface area contributed by atoms with Gasteiger partial charge in [0, 0.05) is 6.04 Å². The Kier molecular flexibility index (Phi) is 4.42. The van der Waals surface area contributed by atoms with Crippen molar-refractivity contribution < 1.29 is 9.47 Å². The monoisotopic (exact) mass is 257 g/mol. The van der Waals surface area contributed by atoms with E-state index in [1.165, 1.54) is 0 Å². The molecular weight excluding hydrogens is 238 g/mol. The second-order valence-electron chi connectivity index (χ2n) is 4.47. The summed E-state index contributed by atoms with van der Waals surface area (Å²) < 4.78 is 11.1. The van der Waals surface area contributed by atoms with Crippen LogP contribution >= 0.6 is 0 Å². The van der Waals surface area contributed by atoms with Gasteiger partial charge in [-0.25, -0.2) is 0 Å². The van der Waals surface area contributed by atoms with Crippen molar-refractivity contribution >= 4 is 0 Å². The van der Waals surface area contributed by atoms with Crippen LogP contribution in [0.1, 0.15) is 24.1 Å². The summed E-state index contributed by atoms with van der Waals surface area (Å²) in [5.41, 5.74) is 8.04. The minimum Gasteiger partial charge on any atom is -0.493 e. The molecule has 0 radical (unpaired) electrons. The summed E-state index contributed by atoms with van der Waals surface area (Å²) in [6.45, 7) is 2.46. The summed E-state index contributed by atoms with van der Waals surface area (Å²) in [4.78, 5) is 0. The molecule has 0 aliphatic heterocycles. The number of rotatable bonds is 5. The van der Waals surface area contributed by atoms with E-state index in [1.54, 1.807) is 7.11 Å². The van der Waals surface area contributed by atoms with E-state index in [2.05, 4.69) is 0 Å². The van der Waals surface area contributed by atoms with Gasteiger partial charge in [-0.2, -0.15) is 0 Å². The van der Waals surface area contributed by atoms with E-state index >= 15 is 0 Å². The van der Waals surface area contributed by atoms with Crippen molar-refractivity contribution in [2.75, 3.05) is 7.11 Å². The molecule has 0 aliphatic rings. The topological polar surface area (TPSA) is 44.5 Å². The third-order valence-corrected chi connectivity index (χ3v) is 2.95. The van der Waals surface area contributed by atoms with E-state index in [0.717, 1.165) is 22.6 Å². The first-order valence-electron chi connectivity index (χ1n) is 6.31. The van der Waals surface area contributed by atoms with Gasteiger partial charge < -0.3 is 15.2 Å². The van der Waals surface area contributed by atoms with Gasteiger partial charge in [0.05, 0.1) is 7.11 Å². The second kappa shape index (κ2) is 6.25. The molecule has 2 aromatic rings. The highest BCUT2D eigenvalue weighted by molar-refractivity contribution is 5.43. The lowest BCUT2D eigenvalue weighted by Gasteiger charge is -2.14. The first-order valence-corrected chi connectivity index (χ1v) is 6.31. The minimum atomic E-state index is -0.0232. The Morgan fingerprint density at radius 2 is 1.79 bits per heavy atom. The molecular formula is C16H19NO2. The van der Waals surface area contributed by atoms with Crippen molar-refractivity contribution in [3.05, 3.63) is 59.7 Å². The molecule has 1 unspecified atom stereocenters. The van der Waals surface area contributed by atoms with Crippen molar-refractivity contribution in [2.24, 2.45) is 5.73 Å². The summed E-state index contributed by atoms with van der Waals surface area (Å²) >= 11 is 0. The van der Waals surface area contributed by atoms with Crippen LogP contribution < -0.4 is 15.2 Å². The van der Waals surface area contributed by atoms with Gasteiger partial charge in [-0.15, -0.1) is 0 Å². The first-order chi connectivity index (χ1) is 9.20. The fourth-order valence-corrected chi connectivity index (χ4v) is 1.82. The zero-order valence-electron chi connectivity index (χ0n) is 11.3. The molecule has 2 N–H and O–H groups in total. The van der Waals surface area contributed by atoms with Crippen LogP contribution in [0.25, 0.3) is 0 Å². The Morgan fingerprint density at radius 3 is 2.42 bits per heavy atom. The first kappa shape index (κ1) is 13.4. The summed E-state index contributed by atoms with van der Waals surface area (Å²) in [5, 5.41) is 0. The smallest absolute Gasteiger partial charge is 0.161 e. The molecule has 19 heavy (non-hydrogen) atoms. The number of ether oxygens (including phenoxy) is 2. The molecule has 100 valence electrons. The van der Waals surface area contributed by atoms with E-state index < -0.39 is 0 Å². The van der Waals surface area contributed by atoms with Gasteiger partial charge in [-0.05, 0) is 30.2 Å². The van der Waals surface area contributed by atoms with Crippen LogP contribution in [-0.4, -0.2) is 7.11 Å². The van der Waals surface area contributed by atoms with Gasteiger partial charge in [-0.1, -0.05) is 36.4 Å². The van der Waals surface area contributed by atoms with E-state index in [1.807, 2.05) is 55.5 Å². The van der Waals surface area contributed by atoms with Gasteiger partial charge in [0.2, 0.25) is 0 Å². The average Bonchev–Trinajstić information content (AvgIpc) is 2.45. The Labute approximate surface area is 114 Å². The molecule has 0 saturated carbocycles. The van der Waals surface area contributed by atoms with Crippen LogP contribution in [0.15, 0.2) is 48.5 Å². The van der Waals surface area contributed by atoms with Gasteiger partial charge in [0.25, 0.3) is 0 Å². The van der Waals surface area contributed by atoms with Crippen LogP contribution in [0, 0.1) is 0 Å². The van der Waals surface area contributed by atoms with Crippen molar-refractivity contribution in [2.45, 2.75) is 19.6 Å². The van der Waals surface area contributed by atoms with Crippen LogP contribution in [-0.2, 0) is 6.61 Å². The molecule has 2 aromatic carbocycles. The lowest BCUT2D eigenvalue weighted by Crippen LogP contribution is -2.06. The summed E-state index contributed by atoms with van der Waals surface area (Å²) in [5.74, 6) is 1.45. The Bertz CT molecular complexity index is 524. The van der Waals surface area contributed by atoms with E-state index in [-0.39, 0.29) is 6.04 Å². The quantitative estimate of drug-likeness (QED) is 0.893. The zero-order valence-corrected chi connectivity index (χ0v) is 11.3. The third-order valence-electron chi connectivity index (χ3n) is 2.95. The second-order valence-corrected chi connectivity index (χ2v) is 4.47. The zero-order chi connectivity index (χ0) is 13.7. The Hall–Kier alpha value is -2.00. The molecule has 0 aliphatic carbocycles. The number of nitrogens with two attached hydrogens (primary N) is 1. The van der Waals surface area contributed by atoms with Gasteiger partial charge >= 0.3 is 0 Å². The molecule has 2 rings (SSSR count). The largest absolute Gasteiger partial charge is 0.493 e. The molecule has 0 bridgehead atoms. The third kappa shape index (κ3) is 3.48. The summed E-state index contributed by atoms with van der Waals surface area (Å²) in [7, 11) is 1.64. The average molecular weight is 257 g/mol. The maximum atomic E-state index is 5.89. The predicted molar refractivity (Wildman–Crippen MR) is 76.4 cm³/mol. The van der Waals surface area contributed by atoms with Crippen molar-refractivity contribution in [3.63, 3.8) is 0 Å². The molecule has 0 fully saturated rings. The summed E-state index contributed by atoms with van der Waals surface area (Å²) in [6.07, 6.45) is 0. The Morgan fingerprint density at radius 1 is 1.05 bits per heavy atom. The molecule has 0 spiro atoms. The highest BCUT2D eigenvalue weighted by Crippen LogP contribution is 2.30. The van der Waals surface area contributed by atoms with Gasteiger partial charge in [-0.3, -0.25) is 0 Å². The summed E-state index contributed by atoms with van der Waals surface area (Å²) in [6, 6.07) is 15.8. The maximum absolute atomic E-state index is 5.89. The normalized spacial score (nSPS) is 11.9. The minimum absolute atomic E-state index is 0.0232. The van der Waals surface area contributed by atoms with E-state index in [9.17, 15) is 0 Å². The fourth-order valence-electron chi connectivity index (χ4n) is 1.82. The lowest BCUT2D eigenvalue weighted by molar-refractivity contribution is 0.284. The SMILES string of the molecule is COc1ccc(C(C)N)cc1OCc1ccccc1. The molecule has 0 aromatic heterocycles.